The summed E-state index contributed by atoms with van der Waals surface area (Å²) >= 11 is 0. The van der Waals surface area contributed by atoms with Crippen LogP contribution in [0, 0.1) is 0 Å². The highest BCUT2D eigenvalue weighted by Gasteiger charge is 2.22. The Kier molecular flexibility index (Phi) is 6.38. The predicted molar refractivity (Wildman–Crippen MR) is 113 cm³/mol. The Balaban J connectivity index is 1.39. The minimum absolute atomic E-state index is 0.226. The average molecular weight is 409 g/mol. The predicted octanol–water partition coefficient (Wildman–Crippen LogP) is 2.15. The van der Waals surface area contributed by atoms with Crippen LogP contribution in [0.25, 0.3) is 11.5 Å². The molecule has 3 aromatic rings. The first kappa shape index (κ1) is 20.1. The number of rotatable bonds is 7. The molecule has 2 aromatic heterocycles. The van der Waals surface area contributed by atoms with E-state index in [-0.39, 0.29) is 6.04 Å². The first-order valence-electron chi connectivity index (χ1n) is 10.2. The third-order valence-electron chi connectivity index (χ3n) is 4.83. The molecule has 158 valence electrons. The van der Waals surface area contributed by atoms with E-state index in [0.29, 0.717) is 19.0 Å². The molecule has 0 radical (unpaired) electrons. The molecular weight excluding hydrogens is 382 g/mol. The summed E-state index contributed by atoms with van der Waals surface area (Å²) in [7, 11) is 1.65. The summed E-state index contributed by atoms with van der Waals surface area (Å²) in [6, 6.07) is 10.1. The molecule has 0 spiro atoms. The highest BCUT2D eigenvalue weighted by atomic mass is 16.5. The van der Waals surface area contributed by atoms with Gasteiger partial charge in [0.1, 0.15) is 24.4 Å². The van der Waals surface area contributed by atoms with Crippen LogP contribution in [0.5, 0.6) is 0 Å². The second-order valence-corrected chi connectivity index (χ2v) is 7.14. The van der Waals surface area contributed by atoms with Gasteiger partial charge in [0.15, 0.2) is 11.8 Å². The van der Waals surface area contributed by atoms with E-state index in [2.05, 4.69) is 30.7 Å². The second-order valence-electron chi connectivity index (χ2n) is 7.14. The van der Waals surface area contributed by atoms with Crippen LogP contribution in [-0.4, -0.2) is 45.4 Å². The van der Waals surface area contributed by atoms with E-state index in [1.807, 2.05) is 41.9 Å². The van der Waals surface area contributed by atoms with Crippen molar-refractivity contribution in [3.63, 3.8) is 0 Å². The Morgan fingerprint density at radius 2 is 2.17 bits per heavy atom. The fourth-order valence-electron chi connectivity index (χ4n) is 3.44. The first-order valence-corrected chi connectivity index (χ1v) is 10.2. The van der Waals surface area contributed by atoms with Gasteiger partial charge in [0, 0.05) is 31.7 Å². The molecule has 9 heteroatoms. The Morgan fingerprint density at radius 1 is 1.30 bits per heavy atom. The van der Waals surface area contributed by atoms with Crippen LogP contribution in [0.4, 0.5) is 0 Å². The quantitative estimate of drug-likeness (QED) is 0.455. The lowest BCUT2D eigenvalue weighted by Crippen LogP contribution is -2.47. The van der Waals surface area contributed by atoms with Crippen molar-refractivity contribution in [2.24, 2.45) is 4.99 Å². The van der Waals surface area contributed by atoms with Crippen LogP contribution in [0.2, 0.25) is 0 Å². The lowest BCUT2D eigenvalue weighted by Gasteiger charge is -2.25. The van der Waals surface area contributed by atoms with Gasteiger partial charge < -0.3 is 19.8 Å². The van der Waals surface area contributed by atoms with Gasteiger partial charge >= 0.3 is 0 Å². The van der Waals surface area contributed by atoms with Crippen molar-refractivity contribution in [2.75, 3.05) is 13.7 Å². The third kappa shape index (κ3) is 4.85. The molecule has 1 aliphatic heterocycles. The monoisotopic (exact) mass is 409 g/mol. The summed E-state index contributed by atoms with van der Waals surface area (Å²) in [5.74, 6) is 3.11. The van der Waals surface area contributed by atoms with Gasteiger partial charge in [-0.2, -0.15) is 5.10 Å². The number of aromatic nitrogens is 4. The van der Waals surface area contributed by atoms with E-state index in [0.717, 1.165) is 54.8 Å². The number of nitrogens with zero attached hydrogens (tertiary/aromatic N) is 5. The molecule has 0 fully saturated rings. The van der Waals surface area contributed by atoms with E-state index in [4.69, 9.17) is 9.15 Å². The van der Waals surface area contributed by atoms with Crippen molar-refractivity contribution in [1.29, 1.82) is 0 Å². The largest absolute Gasteiger partial charge is 0.444 e. The summed E-state index contributed by atoms with van der Waals surface area (Å²) in [6.07, 6.45) is 3.50. The fraction of sp³-hybridized carbons (Fsp3) is 0.429. The smallest absolute Gasteiger partial charge is 0.226 e. The van der Waals surface area contributed by atoms with Gasteiger partial charge in [-0.15, -0.1) is 0 Å². The fourth-order valence-corrected chi connectivity index (χ4v) is 3.44. The van der Waals surface area contributed by atoms with Gasteiger partial charge in [0.2, 0.25) is 5.89 Å². The summed E-state index contributed by atoms with van der Waals surface area (Å²) < 4.78 is 12.7. The van der Waals surface area contributed by atoms with Crippen LogP contribution in [0.1, 0.15) is 30.7 Å². The molecule has 9 nitrogen and oxygen atoms in total. The Bertz CT molecular complexity index is 980. The standard InChI is InChI=1S/C21H27N7O2/c1-3-22-21(23-11-17-13-30-20(24-17)15-7-5-4-6-8-15)25-16-9-10-19-26-18(14-29-2)27-28(19)12-16/h4-8,13,16H,3,9-12,14H2,1-2H3,(H2,22,23,25). The average Bonchev–Trinajstić information content (AvgIpc) is 3.39. The number of fused-ring (bicyclic) bond motifs is 1. The third-order valence-corrected chi connectivity index (χ3v) is 4.83. The Morgan fingerprint density at radius 3 is 2.97 bits per heavy atom. The van der Waals surface area contributed by atoms with Crippen molar-refractivity contribution in [3.05, 3.63) is 53.9 Å². The summed E-state index contributed by atoms with van der Waals surface area (Å²) in [6.45, 7) is 4.45. The number of aliphatic imine (C=N–C) groups is 1. The van der Waals surface area contributed by atoms with Gasteiger partial charge in [-0.3, -0.25) is 0 Å². The van der Waals surface area contributed by atoms with Crippen molar-refractivity contribution in [1.82, 2.24) is 30.4 Å². The minimum atomic E-state index is 0.226. The zero-order chi connectivity index (χ0) is 20.8. The second kappa shape index (κ2) is 9.53. The first-order chi connectivity index (χ1) is 14.7. The number of ether oxygens (including phenoxy) is 1. The molecular formula is C21H27N7O2. The summed E-state index contributed by atoms with van der Waals surface area (Å²) in [5.41, 5.74) is 1.74. The lowest BCUT2D eigenvalue weighted by atomic mass is 10.1. The van der Waals surface area contributed by atoms with Crippen molar-refractivity contribution in [3.8, 4) is 11.5 Å². The molecule has 1 aliphatic rings. The maximum atomic E-state index is 5.60. The van der Waals surface area contributed by atoms with E-state index in [1.54, 1.807) is 13.4 Å². The molecule has 30 heavy (non-hydrogen) atoms. The van der Waals surface area contributed by atoms with Crippen LogP contribution in [0.15, 0.2) is 46.0 Å². The molecule has 1 unspecified atom stereocenters. The molecule has 0 aliphatic carbocycles. The lowest BCUT2D eigenvalue weighted by molar-refractivity contribution is 0.177. The number of hydrogen-bond acceptors (Lipinski definition) is 6. The number of nitrogens with one attached hydrogen (secondary N) is 2. The SMILES string of the molecule is CCNC(=NCc1coc(-c2ccccc2)n1)NC1CCc2nc(COC)nn2C1. The van der Waals surface area contributed by atoms with Crippen LogP contribution >= 0.6 is 0 Å². The summed E-state index contributed by atoms with van der Waals surface area (Å²) in [4.78, 5) is 13.8. The van der Waals surface area contributed by atoms with Crippen LogP contribution in [0.3, 0.4) is 0 Å². The molecule has 0 bridgehead atoms. The molecule has 0 saturated heterocycles. The number of hydrogen-bond donors (Lipinski definition) is 2. The van der Waals surface area contributed by atoms with E-state index in [1.165, 1.54) is 0 Å². The Hall–Kier alpha value is -3.20. The molecule has 4 rings (SSSR count). The highest BCUT2D eigenvalue weighted by Crippen LogP contribution is 2.18. The topological polar surface area (TPSA) is 102 Å². The normalized spacial score (nSPS) is 16.3. The minimum Gasteiger partial charge on any atom is -0.444 e. The molecule has 3 heterocycles. The zero-order valence-electron chi connectivity index (χ0n) is 17.3. The van der Waals surface area contributed by atoms with Gasteiger partial charge in [-0.05, 0) is 25.5 Å². The van der Waals surface area contributed by atoms with Crippen molar-refractivity contribution < 1.29 is 9.15 Å². The van der Waals surface area contributed by atoms with Gasteiger partial charge in [-0.1, -0.05) is 18.2 Å². The van der Waals surface area contributed by atoms with Gasteiger partial charge in [0.05, 0.1) is 13.1 Å². The van der Waals surface area contributed by atoms with E-state index < -0.39 is 0 Å². The van der Waals surface area contributed by atoms with Crippen molar-refractivity contribution in [2.45, 2.75) is 45.5 Å². The number of methoxy groups -OCH3 is 1. The van der Waals surface area contributed by atoms with Gasteiger partial charge in [0.25, 0.3) is 0 Å². The van der Waals surface area contributed by atoms with Crippen molar-refractivity contribution >= 4 is 5.96 Å². The molecule has 0 amide bonds. The van der Waals surface area contributed by atoms with E-state index in [9.17, 15) is 0 Å². The molecule has 1 aromatic carbocycles. The highest BCUT2D eigenvalue weighted by molar-refractivity contribution is 5.80. The molecule has 1 atom stereocenters. The van der Waals surface area contributed by atoms with E-state index >= 15 is 0 Å². The summed E-state index contributed by atoms with van der Waals surface area (Å²) in [5, 5.41) is 11.3. The number of benzene rings is 1. The molecule has 2 N–H and O–H groups in total. The maximum Gasteiger partial charge on any atom is 0.226 e. The number of oxazole rings is 1. The Labute approximate surface area is 175 Å². The number of aryl methyl sites for hydroxylation is 1. The maximum absolute atomic E-state index is 5.60. The van der Waals surface area contributed by atoms with Crippen LogP contribution in [-0.2, 0) is 30.9 Å². The zero-order valence-corrected chi connectivity index (χ0v) is 17.3. The molecule has 0 saturated carbocycles. The van der Waals surface area contributed by atoms with Gasteiger partial charge in [-0.25, -0.2) is 19.6 Å². The van der Waals surface area contributed by atoms with Crippen LogP contribution < -0.4 is 10.6 Å². The number of guanidine groups is 1.